The summed E-state index contributed by atoms with van der Waals surface area (Å²) in [4.78, 5) is 10.8. The minimum atomic E-state index is -0.613. The summed E-state index contributed by atoms with van der Waals surface area (Å²) in [5, 5.41) is 19.4. The van der Waals surface area contributed by atoms with E-state index in [4.69, 9.17) is 63.1 Å². The summed E-state index contributed by atoms with van der Waals surface area (Å²) in [5.74, 6) is -0.875. The molecule has 0 atom stereocenters. The number of halogens is 5. The molecule has 10 heteroatoms. The number of methoxy groups -OCH3 is 1. The van der Waals surface area contributed by atoms with Crippen LogP contribution in [0.1, 0.15) is 10.4 Å². The van der Waals surface area contributed by atoms with Crippen molar-refractivity contribution in [3.63, 3.8) is 0 Å². The second-order valence-corrected chi connectivity index (χ2v) is 5.83. The molecule has 4 nitrogen and oxygen atoms in total. The van der Waals surface area contributed by atoms with Crippen LogP contribution >= 0.6 is 58.0 Å². The number of hydrogen-bond acceptors (Lipinski definition) is 4. The Balaban J connectivity index is 0.000000425. The van der Waals surface area contributed by atoms with E-state index in [1.807, 2.05) is 0 Å². The number of phenolic OH excluding ortho intramolecular Hbond substituents is 1. The maximum Gasteiger partial charge on any atom is 1.00 e. The Morgan fingerprint density at radius 3 is 1.67 bits per heavy atom. The van der Waals surface area contributed by atoms with E-state index < -0.39 is 11.7 Å². The molecule has 0 aliphatic heterocycles. The van der Waals surface area contributed by atoms with Gasteiger partial charge in [0, 0.05) is 0 Å². The number of phenols is 1. The molecular formula is C14H8Cl5NaO4. The number of hydrogen-bond donors (Lipinski definition) is 1. The molecule has 1 N–H and O–H groups in total. The van der Waals surface area contributed by atoms with Crippen molar-refractivity contribution in [3.8, 4) is 11.5 Å². The van der Waals surface area contributed by atoms with Crippen LogP contribution in [0.2, 0.25) is 25.1 Å². The van der Waals surface area contributed by atoms with Crippen molar-refractivity contribution in [3.05, 3.63) is 54.9 Å². The fourth-order valence-electron chi connectivity index (χ4n) is 1.30. The molecule has 0 fully saturated rings. The van der Waals surface area contributed by atoms with Crippen LogP contribution in [-0.2, 0) is 4.74 Å². The van der Waals surface area contributed by atoms with E-state index in [1.54, 1.807) is 0 Å². The predicted octanol–water partition coefficient (Wildman–Crippen LogP) is 2.21. The standard InChI is InChI=1S/C8H8O3.C6HCl5O.Na/c1-11-8(10)6-2-4-7(9)5-3-6;7-1-2(8)4(10)6(12)5(11)3(1)9;/h2-5,9H,1H3;12H;/q;;+1/p-1. The number of carbonyl (C=O) groups excluding carboxylic acids is 1. The second-order valence-electron chi connectivity index (χ2n) is 3.94. The Morgan fingerprint density at radius 1 is 0.917 bits per heavy atom. The van der Waals surface area contributed by atoms with E-state index in [2.05, 4.69) is 4.74 Å². The van der Waals surface area contributed by atoms with Crippen LogP contribution in [0.4, 0.5) is 0 Å². The number of rotatable bonds is 1. The summed E-state index contributed by atoms with van der Waals surface area (Å²) in [5.41, 5.74) is 0.435. The molecule has 0 aliphatic rings. The van der Waals surface area contributed by atoms with Crippen LogP contribution < -0.4 is 34.7 Å². The first-order valence-corrected chi connectivity index (χ1v) is 7.65. The zero-order valence-electron chi connectivity index (χ0n) is 12.4. The number of carbonyl (C=O) groups is 1. The Hall–Kier alpha value is -0.0400. The van der Waals surface area contributed by atoms with Crippen LogP contribution in [0.15, 0.2) is 24.3 Å². The molecule has 2 aromatic rings. The van der Waals surface area contributed by atoms with Gasteiger partial charge in [-0.2, -0.15) is 0 Å². The van der Waals surface area contributed by atoms with Gasteiger partial charge in [0.15, 0.2) is 0 Å². The third kappa shape index (κ3) is 6.04. The molecule has 0 radical (unpaired) electrons. The summed E-state index contributed by atoms with van der Waals surface area (Å²) in [6.07, 6.45) is 0. The van der Waals surface area contributed by atoms with E-state index in [-0.39, 0.29) is 60.4 Å². The molecule has 0 bridgehead atoms. The maximum atomic E-state index is 11.1. The summed E-state index contributed by atoms with van der Waals surface area (Å²) in [7, 11) is 1.31. The van der Waals surface area contributed by atoms with Gasteiger partial charge in [-0.05, 0) is 24.3 Å². The van der Waals surface area contributed by atoms with Crippen molar-refractivity contribution in [2.45, 2.75) is 0 Å². The van der Waals surface area contributed by atoms with Gasteiger partial charge in [-0.1, -0.05) is 63.8 Å². The van der Waals surface area contributed by atoms with E-state index in [9.17, 15) is 9.90 Å². The van der Waals surface area contributed by atoms with Crippen molar-refractivity contribution < 1.29 is 49.3 Å². The van der Waals surface area contributed by atoms with Gasteiger partial charge in [0.2, 0.25) is 0 Å². The Morgan fingerprint density at radius 2 is 1.29 bits per heavy atom. The Labute approximate surface area is 185 Å². The molecule has 2 rings (SSSR count). The molecule has 0 spiro atoms. The molecule has 24 heavy (non-hydrogen) atoms. The Bertz CT molecular complexity index is 617. The molecule has 2 aromatic carbocycles. The van der Waals surface area contributed by atoms with E-state index in [0.29, 0.717) is 5.56 Å². The topological polar surface area (TPSA) is 69.6 Å². The molecule has 124 valence electrons. The third-order valence-corrected chi connectivity index (χ3v) is 4.70. The number of aromatic hydroxyl groups is 1. The molecule has 0 saturated carbocycles. The zero-order chi connectivity index (χ0) is 17.7. The molecular weight excluding hydrogens is 432 g/mol. The first-order chi connectivity index (χ1) is 10.7. The van der Waals surface area contributed by atoms with Gasteiger partial charge in [-0.3, -0.25) is 0 Å². The second kappa shape index (κ2) is 10.8. The van der Waals surface area contributed by atoms with E-state index in [1.165, 1.54) is 31.4 Å². The van der Waals surface area contributed by atoms with Gasteiger partial charge >= 0.3 is 35.5 Å². The molecule has 0 aliphatic carbocycles. The monoisotopic (exact) mass is 438 g/mol. The third-order valence-electron chi connectivity index (χ3n) is 2.46. The van der Waals surface area contributed by atoms with Crippen LogP contribution in [0, 0.1) is 0 Å². The largest absolute Gasteiger partial charge is 1.00 e. The minimum Gasteiger partial charge on any atom is -0.870 e. The van der Waals surface area contributed by atoms with Crippen molar-refractivity contribution >= 4 is 64.0 Å². The molecule has 0 amide bonds. The molecule has 0 unspecified atom stereocenters. The van der Waals surface area contributed by atoms with Crippen molar-refractivity contribution in [1.29, 1.82) is 0 Å². The first kappa shape index (κ1) is 24.0. The van der Waals surface area contributed by atoms with Gasteiger partial charge < -0.3 is 14.9 Å². The number of ether oxygens (including phenoxy) is 1. The smallest absolute Gasteiger partial charge is 0.870 e. The van der Waals surface area contributed by atoms with Crippen LogP contribution in [0.25, 0.3) is 0 Å². The molecule has 0 saturated heterocycles. The van der Waals surface area contributed by atoms with Crippen molar-refractivity contribution in [2.24, 2.45) is 0 Å². The predicted molar refractivity (Wildman–Crippen MR) is 90.4 cm³/mol. The summed E-state index contributed by atoms with van der Waals surface area (Å²) in [6, 6.07) is 5.88. The first-order valence-electron chi connectivity index (χ1n) is 5.76. The summed E-state index contributed by atoms with van der Waals surface area (Å²) < 4.78 is 4.46. The minimum absolute atomic E-state index is 0. The van der Waals surface area contributed by atoms with E-state index in [0.717, 1.165) is 0 Å². The van der Waals surface area contributed by atoms with Crippen molar-refractivity contribution in [2.75, 3.05) is 7.11 Å². The Kier molecular flexibility index (Phi) is 10.8. The van der Waals surface area contributed by atoms with Gasteiger partial charge in [-0.15, -0.1) is 0 Å². The van der Waals surface area contributed by atoms with Gasteiger partial charge in [0.05, 0.1) is 37.8 Å². The fourth-order valence-corrected chi connectivity index (χ4v) is 2.42. The van der Waals surface area contributed by atoms with Crippen LogP contribution in [0.5, 0.6) is 11.5 Å². The quantitative estimate of drug-likeness (QED) is 0.320. The number of benzene rings is 2. The van der Waals surface area contributed by atoms with Gasteiger partial charge in [-0.25, -0.2) is 4.79 Å². The van der Waals surface area contributed by atoms with Gasteiger partial charge in [0.25, 0.3) is 0 Å². The van der Waals surface area contributed by atoms with Crippen LogP contribution in [0.3, 0.4) is 0 Å². The average molecular weight is 440 g/mol. The van der Waals surface area contributed by atoms with Crippen LogP contribution in [-0.4, -0.2) is 18.2 Å². The fraction of sp³-hybridized carbons (Fsp3) is 0.0714. The van der Waals surface area contributed by atoms with Crippen molar-refractivity contribution in [1.82, 2.24) is 0 Å². The summed E-state index contributed by atoms with van der Waals surface area (Å²) in [6.45, 7) is 0. The average Bonchev–Trinajstić information content (AvgIpc) is 2.57. The molecule has 0 heterocycles. The number of esters is 1. The summed E-state index contributed by atoms with van der Waals surface area (Å²) >= 11 is 27.7. The maximum absolute atomic E-state index is 11.1. The van der Waals surface area contributed by atoms with Gasteiger partial charge in [0.1, 0.15) is 5.75 Å². The van der Waals surface area contributed by atoms with E-state index >= 15 is 0 Å². The molecule has 0 aromatic heterocycles. The zero-order valence-corrected chi connectivity index (χ0v) is 18.2. The normalized spacial score (nSPS) is 9.42. The SMILES string of the molecule is COC(=O)c1ccc(O)cc1.[Na+].[O-]c1c(Cl)c(Cl)c(Cl)c(Cl)c1Cl.